The van der Waals surface area contributed by atoms with Gasteiger partial charge in [0.15, 0.2) is 11.3 Å². The van der Waals surface area contributed by atoms with Gasteiger partial charge in [-0.3, -0.25) is 9.52 Å². The number of rotatable bonds is 5. The van der Waals surface area contributed by atoms with E-state index < -0.39 is 22.1 Å². The average Bonchev–Trinajstić information content (AvgIpc) is 3.37. The molecule has 11 heteroatoms. The van der Waals surface area contributed by atoms with Crippen molar-refractivity contribution in [1.82, 2.24) is 4.90 Å². The largest absolute Gasteiger partial charge is 0.573 e. The van der Waals surface area contributed by atoms with E-state index in [4.69, 9.17) is 4.42 Å². The summed E-state index contributed by atoms with van der Waals surface area (Å²) in [5, 5.41) is 0.514. The Balaban J connectivity index is 1.74. The molecule has 1 saturated heterocycles. The zero-order valence-electron chi connectivity index (χ0n) is 18.7. The lowest BCUT2D eigenvalue weighted by Crippen LogP contribution is -2.27. The molecule has 1 amide bonds. The molecule has 3 aromatic rings. The number of alkyl halides is 3. The molecule has 1 aromatic heterocycles. The minimum absolute atomic E-state index is 0.0419. The molecule has 2 aromatic carbocycles. The molecule has 7 nitrogen and oxygen atoms in total. The second-order valence-electron chi connectivity index (χ2n) is 8.26. The summed E-state index contributed by atoms with van der Waals surface area (Å²) >= 11 is 0. The number of amides is 1. The maximum absolute atomic E-state index is 13.4. The van der Waals surface area contributed by atoms with E-state index in [0.29, 0.717) is 35.2 Å². The van der Waals surface area contributed by atoms with E-state index in [1.54, 1.807) is 31.7 Å². The fraction of sp³-hybridized carbons (Fsp3) is 0.348. The topological polar surface area (TPSA) is 88.9 Å². The van der Waals surface area contributed by atoms with Gasteiger partial charge in [-0.15, -0.1) is 13.2 Å². The summed E-state index contributed by atoms with van der Waals surface area (Å²) in [6, 6.07) is 6.13. The van der Waals surface area contributed by atoms with Crippen LogP contribution in [0.15, 0.2) is 39.6 Å². The maximum atomic E-state index is 13.4. The SMILES string of the molecule is Cc1cc2c(C)c(C(=O)N3CCCC3)oc2c(S(=O)(=O)Nc2ccc(OC(F)(F)F)cc2)c1C. The lowest BCUT2D eigenvalue weighted by atomic mass is 10.0. The number of hydrogen-bond donors (Lipinski definition) is 1. The van der Waals surface area contributed by atoms with Gasteiger partial charge in [0.05, 0.1) is 0 Å². The van der Waals surface area contributed by atoms with Gasteiger partial charge in [0, 0.05) is 29.7 Å². The molecule has 0 atom stereocenters. The maximum Gasteiger partial charge on any atom is 0.573 e. The highest BCUT2D eigenvalue weighted by Gasteiger charge is 2.32. The first-order valence-electron chi connectivity index (χ1n) is 10.6. The molecule has 1 aliphatic rings. The summed E-state index contributed by atoms with van der Waals surface area (Å²) in [5.74, 6) is -0.652. The zero-order chi connectivity index (χ0) is 24.8. The van der Waals surface area contributed by atoms with Crippen molar-refractivity contribution in [3.8, 4) is 5.75 Å². The van der Waals surface area contributed by atoms with Crippen molar-refractivity contribution in [2.45, 2.75) is 44.9 Å². The molecule has 0 bridgehead atoms. The van der Waals surface area contributed by atoms with Gasteiger partial charge in [-0.05, 0) is 75.1 Å². The van der Waals surface area contributed by atoms with Gasteiger partial charge in [0.1, 0.15) is 10.6 Å². The van der Waals surface area contributed by atoms with Crippen LogP contribution >= 0.6 is 0 Å². The van der Waals surface area contributed by atoms with Crippen LogP contribution in [0.5, 0.6) is 5.75 Å². The summed E-state index contributed by atoms with van der Waals surface area (Å²) in [5.41, 5.74) is 1.78. The quantitative estimate of drug-likeness (QED) is 0.518. The van der Waals surface area contributed by atoms with Crippen LogP contribution in [0.1, 0.15) is 40.1 Å². The van der Waals surface area contributed by atoms with Crippen molar-refractivity contribution in [1.29, 1.82) is 0 Å². The van der Waals surface area contributed by atoms with Gasteiger partial charge >= 0.3 is 6.36 Å². The predicted octanol–water partition coefficient (Wildman–Crippen LogP) is 5.29. The second kappa shape index (κ2) is 8.53. The average molecular weight is 497 g/mol. The number of anilines is 1. The second-order valence-corrected chi connectivity index (χ2v) is 9.88. The molecule has 2 heterocycles. The van der Waals surface area contributed by atoms with Crippen LogP contribution in [0.2, 0.25) is 0 Å². The number of nitrogens with one attached hydrogen (secondary N) is 1. The fourth-order valence-corrected chi connectivity index (χ4v) is 5.57. The third-order valence-electron chi connectivity index (χ3n) is 5.89. The molecule has 182 valence electrons. The molecule has 0 saturated carbocycles. The molecule has 0 unspecified atom stereocenters. The van der Waals surface area contributed by atoms with Crippen molar-refractivity contribution < 1.29 is 35.5 Å². The zero-order valence-corrected chi connectivity index (χ0v) is 19.6. The van der Waals surface area contributed by atoms with Crippen molar-refractivity contribution >= 4 is 32.6 Å². The molecule has 34 heavy (non-hydrogen) atoms. The lowest BCUT2D eigenvalue weighted by Gasteiger charge is -2.14. The summed E-state index contributed by atoms with van der Waals surface area (Å²) < 4.78 is 76.0. The molecule has 1 fully saturated rings. The highest BCUT2D eigenvalue weighted by molar-refractivity contribution is 7.93. The van der Waals surface area contributed by atoms with Crippen LogP contribution in [-0.2, 0) is 10.0 Å². The number of sulfonamides is 1. The normalized spacial score (nSPS) is 14.6. The first-order valence-corrected chi connectivity index (χ1v) is 12.1. The van der Waals surface area contributed by atoms with Crippen LogP contribution in [-0.4, -0.2) is 38.7 Å². The van der Waals surface area contributed by atoms with E-state index in [0.717, 1.165) is 37.1 Å². The summed E-state index contributed by atoms with van der Waals surface area (Å²) in [6.45, 7) is 6.34. The Morgan fingerprint density at radius 1 is 1.06 bits per heavy atom. The van der Waals surface area contributed by atoms with E-state index in [1.807, 2.05) is 0 Å². The third kappa shape index (κ3) is 4.56. The number of fused-ring (bicyclic) bond motifs is 1. The number of ether oxygens (including phenoxy) is 1. The minimum Gasteiger partial charge on any atom is -0.449 e. The number of hydrogen-bond acceptors (Lipinski definition) is 5. The van der Waals surface area contributed by atoms with E-state index in [1.165, 1.54) is 0 Å². The summed E-state index contributed by atoms with van der Waals surface area (Å²) in [4.78, 5) is 14.5. The van der Waals surface area contributed by atoms with Gasteiger partial charge in [0.2, 0.25) is 0 Å². The first-order chi connectivity index (χ1) is 15.9. The molecule has 1 aliphatic heterocycles. The number of halogens is 3. The highest BCUT2D eigenvalue weighted by atomic mass is 32.2. The van der Waals surface area contributed by atoms with Crippen molar-refractivity contribution in [3.05, 3.63) is 52.8 Å². The molecule has 0 aliphatic carbocycles. The Morgan fingerprint density at radius 2 is 1.68 bits per heavy atom. The van der Waals surface area contributed by atoms with E-state index in [9.17, 15) is 26.4 Å². The number of aryl methyl sites for hydroxylation is 2. The molecular formula is C23H23F3N2O5S. The van der Waals surface area contributed by atoms with E-state index in [-0.39, 0.29) is 27.8 Å². The van der Waals surface area contributed by atoms with Gasteiger partial charge in [0.25, 0.3) is 15.9 Å². The Bertz CT molecular complexity index is 1360. The number of furan rings is 1. The lowest BCUT2D eigenvalue weighted by molar-refractivity contribution is -0.274. The number of benzene rings is 2. The summed E-state index contributed by atoms with van der Waals surface area (Å²) in [6.07, 6.45) is -3.05. The number of nitrogens with zero attached hydrogens (tertiary/aromatic N) is 1. The standard InChI is InChI=1S/C23H23F3N2O5S/c1-13-12-18-15(3)19(22(29)28-10-4-5-11-28)32-20(18)21(14(13)2)34(30,31)27-16-6-8-17(9-7-16)33-23(24,25)26/h6-9,12,27H,4-5,10-11H2,1-3H3. The summed E-state index contributed by atoms with van der Waals surface area (Å²) in [7, 11) is -4.22. The molecule has 1 N–H and O–H groups in total. The Morgan fingerprint density at radius 3 is 2.26 bits per heavy atom. The predicted molar refractivity (Wildman–Crippen MR) is 119 cm³/mol. The van der Waals surface area contributed by atoms with Crippen LogP contribution in [0.3, 0.4) is 0 Å². The van der Waals surface area contributed by atoms with Crippen LogP contribution < -0.4 is 9.46 Å². The van der Waals surface area contributed by atoms with E-state index >= 15 is 0 Å². The molecule has 4 rings (SSSR count). The van der Waals surface area contributed by atoms with Gasteiger partial charge in [-0.1, -0.05) is 0 Å². The Labute approximate surface area is 194 Å². The fourth-order valence-electron chi connectivity index (χ4n) is 4.07. The highest BCUT2D eigenvalue weighted by Crippen LogP contribution is 2.36. The number of carbonyl (C=O) groups excluding carboxylic acids is 1. The third-order valence-corrected chi connectivity index (χ3v) is 7.42. The van der Waals surface area contributed by atoms with Gasteiger partial charge in [-0.25, -0.2) is 8.42 Å². The van der Waals surface area contributed by atoms with Gasteiger partial charge in [-0.2, -0.15) is 0 Å². The smallest absolute Gasteiger partial charge is 0.449 e. The van der Waals surface area contributed by atoms with Crippen LogP contribution in [0.25, 0.3) is 11.0 Å². The molecule has 0 spiro atoms. The van der Waals surface area contributed by atoms with Gasteiger partial charge < -0.3 is 14.1 Å². The molecule has 0 radical (unpaired) electrons. The molecular weight excluding hydrogens is 473 g/mol. The monoisotopic (exact) mass is 496 g/mol. The number of likely N-dealkylation sites (tertiary alicyclic amines) is 1. The Hall–Kier alpha value is -3.21. The minimum atomic E-state index is -4.85. The van der Waals surface area contributed by atoms with Crippen molar-refractivity contribution in [2.75, 3.05) is 17.8 Å². The number of carbonyl (C=O) groups is 1. The van der Waals surface area contributed by atoms with E-state index in [2.05, 4.69) is 9.46 Å². The first kappa shape index (κ1) is 23.9. The van der Waals surface area contributed by atoms with Crippen LogP contribution in [0, 0.1) is 20.8 Å². The van der Waals surface area contributed by atoms with Crippen molar-refractivity contribution in [2.24, 2.45) is 0 Å². The van der Waals surface area contributed by atoms with Crippen LogP contribution in [0.4, 0.5) is 18.9 Å². The van der Waals surface area contributed by atoms with Crippen molar-refractivity contribution in [3.63, 3.8) is 0 Å². The Kier molecular flexibility index (Phi) is 6.01.